The maximum atomic E-state index is 12.9. The van der Waals surface area contributed by atoms with E-state index in [2.05, 4.69) is 26.2 Å². The first kappa shape index (κ1) is 19.0. The standard InChI is InChI=1S/C21H14BrClN2O2/c22-17-12-11-16(13-18(17)23)24-25-19(20(26)14-7-3-1-4-8-14)21(27)15-9-5-2-6-10-15/h1-13,26H. The van der Waals surface area contributed by atoms with Crippen LogP contribution in [0.4, 0.5) is 5.69 Å². The molecule has 0 saturated heterocycles. The van der Waals surface area contributed by atoms with Crippen LogP contribution in [0.1, 0.15) is 15.9 Å². The normalized spacial score (nSPS) is 12.1. The van der Waals surface area contributed by atoms with Gasteiger partial charge < -0.3 is 5.11 Å². The van der Waals surface area contributed by atoms with Crippen molar-refractivity contribution in [3.8, 4) is 0 Å². The third-order valence-electron chi connectivity index (χ3n) is 3.69. The van der Waals surface area contributed by atoms with E-state index in [4.69, 9.17) is 11.6 Å². The number of carbonyl (C=O) groups is 1. The Balaban J connectivity index is 2.06. The van der Waals surface area contributed by atoms with Gasteiger partial charge in [0, 0.05) is 15.6 Å². The Morgan fingerprint density at radius 2 is 1.48 bits per heavy atom. The number of allylic oxidation sites excluding steroid dienone is 1. The zero-order valence-corrected chi connectivity index (χ0v) is 16.4. The molecule has 0 amide bonds. The average molecular weight is 442 g/mol. The van der Waals surface area contributed by atoms with E-state index < -0.39 is 5.78 Å². The van der Waals surface area contributed by atoms with Crippen LogP contribution in [0, 0.1) is 0 Å². The highest BCUT2D eigenvalue weighted by Crippen LogP contribution is 2.28. The predicted octanol–water partition coefficient (Wildman–Crippen LogP) is 7.00. The number of benzene rings is 3. The van der Waals surface area contributed by atoms with Crippen molar-refractivity contribution in [1.29, 1.82) is 0 Å². The van der Waals surface area contributed by atoms with Gasteiger partial charge in [-0.2, -0.15) is 5.11 Å². The summed E-state index contributed by atoms with van der Waals surface area (Å²) in [4.78, 5) is 12.9. The second-order valence-electron chi connectivity index (χ2n) is 5.56. The Morgan fingerprint density at radius 1 is 0.889 bits per heavy atom. The van der Waals surface area contributed by atoms with Crippen molar-refractivity contribution in [2.75, 3.05) is 0 Å². The van der Waals surface area contributed by atoms with Crippen molar-refractivity contribution in [2.45, 2.75) is 0 Å². The summed E-state index contributed by atoms with van der Waals surface area (Å²) in [5.74, 6) is -0.666. The number of carbonyl (C=O) groups excluding carboxylic acids is 1. The van der Waals surface area contributed by atoms with Gasteiger partial charge in [-0.1, -0.05) is 72.3 Å². The van der Waals surface area contributed by atoms with Gasteiger partial charge in [0.05, 0.1) is 10.7 Å². The minimum atomic E-state index is -0.427. The Kier molecular flexibility index (Phi) is 6.16. The fraction of sp³-hybridized carbons (Fsp3) is 0. The quantitative estimate of drug-likeness (QED) is 0.201. The van der Waals surface area contributed by atoms with Crippen molar-refractivity contribution in [2.24, 2.45) is 10.2 Å². The lowest BCUT2D eigenvalue weighted by atomic mass is 10.1. The van der Waals surface area contributed by atoms with Crippen molar-refractivity contribution in [1.82, 2.24) is 0 Å². The molecule has 0 heterocycles. The Hall–Kier alpha value is -2.76. The number of azo groups is 1. The fourth-order valence-corrected chi connectivity index (χ4v) is 2.74. The molecule has 0 aliphatic carbocycles. The number of halogens is 2. The second kappa shape index (κ2) is 8.75. The fourth-order valence-electron chi connectivity index (χ4n) is 2.31. The number of aliphatic hydroxyl groups excluding tert-OH is 1. The molecule has 4 nitrogen and oxygen atoms in total. The minimum Gasteiger partial charge on any atom is -0.505 e. The first-order valence-electron chi connectivity index (χ1n) is 8.01. The topological polar surface area (TPSA) is 62.0 Å². The molecule has 0 unspecified atom stereocenters. The van der Waals surface area contributed by atoms with Gasteiger partial charge in [-0.05, 0) is 34.1 Å². The molecule has 0 aliphatic heterocycles. The van der Waals surface area contributed by atoms with Crippen LogP contribution in [0.3, 0.4) is 0 Å². The molecule has 0 fully saturated rings. The van der Waals surface area contributed by atoms with Gasteiger partial charge in [-0.25, -0.2) is 0 Å². The SMILES string of the molecule is O=C(C(N=Nc1ccc(Br)c(Cl)c1)=C(O)c1ccccc1)c1ccccc1. The van der Waals surface area contributed by atoms with Crippen LogP contribution in [0.15, 0.2) is 99.3 Å². The van der Waals surface area contributed by atoms with Gasteiger partial charge >= 0.3 is 0 Å². The van der Waals surface area contributed by atoms with Crippen LogP contribution in [0.25, 0.3) is 5.76 Å². The largest absolute Gasteiger partial charge is 0.505 e. The Labute approximate surface area is 170 Å². The molecule has 3 rings (SSSR count). The average Bonchev–Trinajstić information content (AvgIpc) is 2.71. The number of ketones is 1. The molecule has 0 radical (unpaired) electrons. The molecule has 0 saturated carbocycles. The molecule has 27 heavy (non-hydrogen) atoms. The predicted molar refractivity (Wildman–Crippen MR) is 110 cm³/mol. The highest BCUT2D eigenvalue weighted by atomic mass is 79.9. The minimum absolute atomic E-state index is 0.147. The highest BCUT2D eigenvalue weighted by molar-refractivity contribution is 9.10. The van der Waals surface area contributed by atoms with Crippen LogP contribution in [0.2, 0.25) is 5.02 Å². The summed E-state index contributed by atoms with van der Waals surface area (Å²) in [6.07, 6.45) is 0. The zero-order chi connectivity index (χ0) is 19.2. The Morgan fingerprint density at radius 3 is 2.07 bits per heavy atom. The maximum absolute atomic E-state index is 12.9. The third-order valence-corrected chi connectivity index (χ3v) is 4.92. The summed E-state index contributed by atoms with van der Waals surface area (Å²) in [7, 11) is 0. The van der Waals surface area contributed by atoms with Crippen molar-refractivity contribution >= 4 is 44.8 Å². The van der Waals surface area contributed by atoms with E-state index in [9.17, 15) is 9.90 Å². The second-order valence-corrected chi connectivity index (χ2v) is 6.82. The highest BCUT2D eigenvalue weighted by Gasteiger charge is 2.18. The van der Waals surface area contributed by atoms with Gasteiger partial charge in [0.2, 0.25) is 5.78 Å². The molecule has 0 atom stereocenters. The molecule has 0 bridgehead atoms. The number of nitrogens with zero attached hydrogens (tertiary/aromatic N) is 2. The summed E-state index contributed by atoms with van der Waals surface area (Å²) >= 11 is 9.38. The molecular formula is C21H14BrClN2O2. The van der Waals surface area contributed by atoms with Gasteiger partial charge in [-0.3, -0.25) is 4.79 Å². The van der Waals surface area contributed by atoms with E-state index in [1.807, 2.05) is 12.1 Å². The number of Topliss-reactive ketones (excluding diaryl/α,β-unsaturated/α-hetero) is 1. The lowest BCUT2D eigenvalue weighted by molar-refractivity contribution is 0.103. The monoisotopic (exact) mass is 440 g/mol. The summed E-state index contributed by atoms with van der Waals surface area (Å²) in [5, 5.41) is 19.3. The zero-order valence-electron chi connectivity index (χ0n) is 14.0. The van der Waals surface area contributed by atoms with Gasteiger partial charge in [0.1, 0.15) is 0 Å². The summed E-state index contributed by atoms with van der Waals surface area (Å²) in [6.45, 7) is 0. The first-order valence-corrected chi connectivity index (χ1v) is 9.18. The number of hydrogen-bond donors (Lipinski definition) is 1. The summed E-state index contributed by atoms with van der Waals surface area (Å²) in [6, 6.07) is 22.4. The Bertz CT molecular complexity index is 1020. The lowest BCUT2D eigenvalue weighted by Crippen LogP contribution is -2.04. The van der Waals surface area contributed by atoms with Gasteiger partial charge in [-0.15, -0.1) is 5.11 Å². The molecule has 134 valence electrons. The lowest BCUT2D eigenvalue weighted by Gasteiger charge is -2.06. The van der Waals surface area contributed by atoms with Gasteiger partial charge in [0.15, 0.2) is 11.5 Å². The smallest absolute Gasteiger partial charge is 0.217 e. The number of rotatable bonds is 5. The molecule has 3 aromatic rings. The number of hydrogen-bond acceptors (Lipinski definition) is 4. The van der Waals surface area contributed by atoms with E-state index in [0.29, 0.717) is 21.8 Å². The summed E-state index contributed by atoms with van der Waals surface area (Å²) in [5.41, 5.74) is 1.20. The van der Waals surface area contributed by atoms with Crippen LogP contribution < -0.4 is 0 Å². The van der Waals surface area contributed by atoms with Crippen LogP contribution in [-0.2, 0) is 0 Å². The molecular weight excluding hydrogens is 428 g/mol. The number of aliphatic hydroxyl groups is 1. The van der Waals surface area contributed by atoms with Crippen molar-refractivity contribution in [3.05, 3.63) is 105 Å². The van der Waals surface area contributed by atoms with Crippen LogP contribution >= 0.6 is 27.5 Å². The molecule has 0 aliphatic rings. The summed E-state index contributed by atoms with van der Waals surface area (Å²) < 4.78 is 0.728. The molecule has 0 spiro atoms. The van der Waals surface area contributed by atoms with E-state index in [-0.39, 0.29) is 11.5 Å². The van der Waals surface area contributed by atoms with Crippen molar-refractivity contribution in [3.63, 3.8) is 0 Å². The maximum Gasteiger partial charge on any atom is 0.217 e. The molecule has 6 heteroatoms. The molecule has 0 aromatic heterocycles. The third kappa shape index (κ3) is 4.70. The van der Waals surface area contributed by atoms with E-state index in [1.165, 1.54) is 0 Å². The first-order chi connectivity index (χ1) is 13.1. The molecule has 3 aromatic carbocycles. The van der Waals surface area contributed by atoms with Gasteiger partial charge in [0.25, 0.3) is 0 Å². The molecule has 1 N–H and O–H groups in total. The van der Waals surface area contributed by atoms with E-state index in [0.717, 1.165) is 4.47 Å². The van der Waals surface area contributed by atoms with Crippen LogP contribution in [-0.4, -0.2) is 10.9 Å². The van der Waals surface area contributed by atoms with Crippen LogP contribution in [0.5, 0.6) is 0 Å². The van der Waals surface area contributed by atoms with E-state index >= 15 is 0 Å². The van der Waals surface area contributed by atoms with E-state index in [1.54, 1.807) is 66.7 Å². The van der Waals surface area contributed by atoms with Crippen molar-refractivity contribution < 1.29 is 9.90 Å².